The van der Waals surface area contributed by atoms with Crippen molar-refractivity contribution in [1.29, 1.82) is 0 Å². The first-order chi connectivity index (χ1) is 10.7. The van der Waals surface area contributed by atoms with Crippen LogP contribution >= 0.6 is 11.8 Å². The molecular formula is C18H16FNOS. The minimum atomic E-state index is -0.256. The molecule has 1 aliphatic heterocycles. The summed E-state index contributed by atoms with van der Waals surface area (Å²) in [6.45, 7) is 0.713. The van der Waals surface area contributed by atoms with Gasteiger partial charge in [0.15, 0.2) is 0 Å². The van der Waals surface area contributed by atoms with Crippen molar-refractivity contribution in [1.82, 2.24) is 4.90 Å². The summed E-state index contributed by atoms with van der Waals surface area (Å²) in [5.74, 6) is 0.629. The molecule has 3 rings (SSSR count). The summed E-state index contributed by atoms with van der Waals surface area (Å²) in [6.07, 6.45) is 3.44. The Hall–Kier alpha value is -2.07. The van der Waals surface area contributed by atoms with Gasteiger partial charge in [0.05, 0.1) is 0 Å². The maximum atomic E-state index is 13.0. The van der Waals surface area contributed by atoms with Gasteiger partial charge >= 0.3 is 0 Å². The molecular weight excluding hydrogens is 297 g/mol. The van der Waals surface area contributed by atoms with Crippen LogP contribution < -0.4 is 0 Å². The summed E-state index contributed by atoms with van der Waals surface area (Å²) in [6, 6.07) is 16.1. The van der Waals surface area contributed by atoms with Crippen molar-refractivity contribution in [3.05, 3.63) is 77.6 Å². The fourth-order valence-corrected chi connectivity index (χ4v) is 3.69. The first-order valence-corrected chi connectivity index (χ1v) is 8.20. The fourth-order valence-electron chi connectivity index (χ4n) is 2.43. The lowest BCUT2D eigenvalue weighted by atomic mass is 10.2. The van der Waals surface area contributed by atoms with E-state index in [4.69, 9.17) is 0 Å². The minimum Gasteiger partial charge on any atom is -0.322 e. The Bertz CT molecular complexity index is 669. The highest BCUT2D eigenvalue weighted by Crippen LogP contribution is 2.37. The third-order valence-electron chi connectivity index (χ3n) is 3.55. The third kappa shape index (κ3) is 3.39. The summed E-state index contributed by atoms with van der Waals surface area (Å²) in [7, 11) is 0. The summed E-state index contributed by atoms with van der Waals surface area (Å²) in [5.41, 5.74) is 1.96. The average molecular weight is 313 g/mol. The predicted molar refractivity (Wildman–Crippen MR) is 88.8 cm³/mol. The highest BCUT2D eigenvalue weighted by molar-refractivity contribution is 7.99. The van der Waals surface area contributed by atoms with E-state index in [2.05, 4.69) is 0 Å². The Kier molecular flexibility index (Phi) is 4.59. The molecule has 2 nitrogen and oxygen atoms in total. The van der Waals surface area contributed by atoms with Crippen LogP contribution in [-0.4, -0.2) is 23.1 Å². The van der Waals surface area contributed by atoms with E-state index in [0.717, 1.165) is 16.9 Å². The fraction of sp³-hybridized carbons (Fsp3) is 0.167. The number of hydrogen-bond acceptors (Lipinski definition) is 2. The maximum Gasteiger partial charge on any atom is 0.247 e. The van der Waals surface area contributed by atoms with Gasteiger partial charge in [-0.2, -0.15) is 0 Å². The molecule has 2 aromatic carbocycles. The van der Waals surface area contributed by atoms with Crippen LogP contribution in [0.2, 0.25) is 0 Å². The summed E-state index contributed by atoms with van der Waals surface area (Å²) in [5, 5.41) is -0.0338. The first kappa shape index (κ1) is 14.9. The lowest BCUT2D eigenvalue weighted by Crippen LogP contribution is -2.28. The van der Waals surface area contributed by atoms with Gasteiger partial charge in [0.25, 0.3) is 0 Å². The van der Waals surface area contributed by atoms with E-state index >= 15 is 0 Å². The van der Waals surface area contributed by atoms with Crippen molar-refractivity contribution < 1.29 is 9.18 Å². The Balaban J connectivity index is 1.74. The molecule has 1 saturated heterocycles. The van der Waals surface area contributed by atoms with Gasteiger partial charge in [0.1, 0.15) is 11.2 Å². The molecule has 112 valence electrons. The zero-order valence-corrected chi connectivity index (χ0v) is 12.8. The quantitative estimate of drug-likeness (QED) is 0.795. The molecule has 0 aromatic heterocycles. The van der Waals surface area contributed by atoms with E-state index in [9.17, 15) is 9.18 Å². The van der Waals surface area contributed by atoms with Crippen molar-refractivity contribution in [2.45, 2.75) is 5.37 Å². The Morgan fingerprint density at radius 2 is 1.86 bits per heavy atom. The summed E-state index contributed by atoms with van der Waals surface area (Å²) in [4.78, 5) is 14.3. The highest BCUT2D eigenvalue weighted by atomic mass is 32.2. The van der Waals surface area contributed by atoms with Crippen LogP contribution in [0, 0.1) is 5.82 Å². The number of rotatable bonds is 3. The lowest BCUT2D eigenvalue weighted by molar-refractivity contribution is -0.126. The topological polar surface area (TPSA) is 20.3 Å². The molecule has 1 heterocycles. The molecule has 0 N–H and O–H groups in total. The number of hydrogen-bond donors (Lipinski definition) is 0. The monoisotopic (exact) mass is 313 g/mol. The Morgan fingerprint density at radius 3 is 2.59 bits per heavy atom. The molecule has 1 fully saturated rings. The number of halogens is 1. The molecule has 1 amide bonds. The zero-order valence-electron chi connectivity index (χ0n) is 12.0. The molecule has 22 heavy (non-hydrogen) atoms. The molecule has 0 saturated carbocycles. The van der Waals surface area contributed by atoms with E-state index in [1.54, 1.807) is 30.0 Å². The molecule has 0 aliphatic carbocycles. The van der Waals surface area contributed by atoms with E-state index in [1.807, 2.05) is 41.3 Å². The number of carbonyl (C=O) groups excluding carboxylic acids is 1. The zero-order chi connectivity index (χ0) is 15.4. The second kappa shape index (κ2) is 6.79. The van der Waals surface area contributed by atoms with Crippen LogP contribution in [0.3, 0.4) is 0 Å². The van der Waals surface area contributed by atoms with Crippen LogP contribution in [0.4, 0.5) is 4.39 Å². The lowest BCUT2D eigenvalue weighted by Gasteiger charge is -2.22. The number of nitrogens with zero attached hydrogens (tertiary/aromatic N) is 1. The molecule has 4 heteroatoms. The van der Waals surface area contributed by atoms with Crippen molar-refractivity contribution in [2.75, 3.05) is 12.3 Å². The summed E-state index contributed by atoms with van der Waals surface area (Å²) >= 11 is 1.71. The highest BCUT2D eigenvalue weighted by Gasteiger charge is 2.29. The molecule has 0 unspecified atom stereocenters. The van der Waals surface area contributed by atoms with Crippen molar-refractivity contribution in [2.24, 2.45) is 0 Å². The van der Waals surface area contributed by atoms with Gasteiger partial charge in [0, 0.05) is 18.4 Å². The van der Waals surface area contributed by atoms with Gasteiger partial charge in [-0.25, -0.2) is 4.39 Å². The van der Waals surface area contributed by atoms with Crippen LogP contribution in [-0.2, 0) is 4.79 Å². The second-order valence-corrected chi connectivity index (χ2v) is 6.24. The maximum absolute atomic E-state index is 13.0. The average Bonchev–Trinajstić information content (AvgIpc) is 3.04. The van der Waals surface area contributed by atoms with Gasteiger partial charge in [-0.3, -0.25) is 4.79 Å². The number of thioether (sulfide) groups is 1. The van der Waals surface area contributed by atoms with Crippen molar-refractivity contribution in [3.8, 4) is 0 Å². The van der Waals surface area contributed by atoms with Gasteiger partial charge in [-0.15, -0.1) is 11.8 Å². The van der Waals surface area contributed by atoms with Crippen LogP contribution in [0.1, 0.15) is 16.5 Å². The van der Waals surface area contributed by atoms with E-state index in [1.165, 1.54) is 12.1 Å². The van der Waals surface area contributed by atoms with Crippen molar-refractivity contribution >= 4 is 23.7 Å². The first-order valence-electron chi connectivity index (χ1n) is 7.15. The molecule has 2 aromatic rings. The number of carbonyl (C=O) groups is 1. The van der Waals surface area contributed by atoms with Gasteiger partial charge in [0.2, 0.25) is 5.91 Å². The summed E-state index contributed by atoms with van der Waals surface area (Å²) < 4.78 is 13.0. The van der Waals surface area contributed by atoms with Crippen LogP contribution in [0.25, 0.3) is 6.08 Å². The predicted octanol–water partition coefficient (Wildman–Crippen LogP) is 4.11. The molecule has 1 atom stereocenters. The standard InChI is InChI=1S/C18H16FNOS/c19-16-9-7-15(8-10-16)18-20(12-13-22-18)17(21)11-6-14-4-2-1-3-5-14/h1-11,18H,12-13H2/b11-6+/t18-/m1/s1. The smallest absolute Gasteiger partial charge is 0.247 e. The van der Waals surface area contributed by atoms with Crippen LogP contribution in [0.15, 0.2) is 60.7 Å². The van der Waals surface area contributed by atoms with Gasteiger partial charge < -0.3 is 4.90 Å². The Morgan fingerprint density at radius 1 is 1.14 bits per heavy atom. The van der Waals surface area contributed by atoms with E-state index in [-0.39, 0.29) is 17.1 Å². The van der Waals surface area contributed by atoms with Gasteiger partial charge in [-0.05, 0) is 29.3 Å². The second-order valence-electron chi connectivity index (χ2n) is 5.05. The molecule has 0 bridgehead atoms. The largest absolute Gasteiger partial charge is 0.322 e. The minimum absolute atomic E-state index is 0.0109. The Labute approximate surface area is 133 Å². The van der Waals surface area contributed by atoms with Crippen molar-refractivity contribution in [3.63, 3.8) is 0 Å². The van der Waals surface area contributed by atoms with E-state index < -0.39 is 0 Å². The number of benzene rings is 2. The number of amides is 1. The molecule has 0 spiro atoms. The van der Waals surface area contributed by atoms with E-state index in [0.29, 0.717) is 6.54 Å². The van der Waals surface area contributed by atoms with Gasteiger partial charge in [-0.1, -0.05) is 42.5 Å². The molecule has 1 aliphatic rings. The molecule has 0 radical (unpaired) electrons. The normalized spacial score (nSPS) is 18.0. The third-order valence-corrected chi connectivity index (χ3v) is 4.81. The van der Waals surface area contributed by atoms with Crippen LogP contribution in [0.5, 0.6) is 0 Å². The SMILES string of the molecule is O=C(/C=C/c1ccccc1)N1CCS[C@@H]1c1ccc(F)cc1.